The van der Waals surface area contributed by atoms with Gasteiger partial charge in [0.25, 0.3) is 6.43 Å². The molecule has 2 aromatic heterocycles. The highest BCUT2D eigenvalue weighted by molar-refractivity contribution is 7.80. The number of halogens is 2. The number of nitrogens with zero attached hydrogens (tertiary/aromatic N) is 2. The van der Waals surface area contributed by atoms with Crippen LogP contribution in [0, 0.1) is 17.3 Å². The van der Waals surface area contributed by atoms with E-state index in [1.165, 1.54) is 10.7 Å². The van der Waals surface area contributed by atoms with Crippen LogP contribution in [0.15, 0.2) is 6.07 Å². The molecule has 0 radical (unpaired) electrons. The number of hydrogen-bond donors (Lipinski definition) is 1. The van der Waals surface area contributed by atoms with Gasteiger partial charge in [-0.1, -0.05) is 12.2 Å². The maximum Gasteiger partial charge on any atom is 0.339 e. The number of nitrogens with one attached hydrogen (secondary N) is 1. The first-order valence-electron chi connectivity index (χ1n) is 12.2. The Bertz CT molecular complexity index is 1190. The fourth-order valence-corrected chi connectivity index (χ4v) is 7.11. The number of esters is 1. The molecule has 5 rings (SSSR count). The first-order chi connectivity index (χ1) is 16.7. The van der Waals surface area contributed by atoms with Crippen LogP contribution in [0.25, 0.3) is 0 Å². The summed E-state index contributed by atoms with van der Waals surface area (Å²) >= 11 is 7.12. The topological polar surface area (TPSA) is 73.2 Å². The molecule has 3 aliphatic carbocycles. The molecule has 2 heterocycles. The fourth-order valence-electron chi connectivity index (χ4n) is 5.42. The van der Waals surface area contributed by atoms with Crippen LogP contribution in [0.1, 0.15) is 76.8 Å². The number of carbonyl (C=O) groups is 2. The van der Waals surface area contributed by atoms with Gasteiger partial charge < -0.3 is 10.1 Å². The third-order valence-electron chi connectivity index (χ3n) is 7.58. The average molecular weight is 522 g/mol. The predicted molar refractivity (Wildman–Crippen MR) is 133 cm³/mol. The van der Waals surface area contributed by atoms with Crippen LogP contribution in [-0.4, -0.2) is 33.1 Å². The van der Waals surface area contributed by atoms with Crippen molar-refractivity contribution < 1.29 is 23.1 Å². The summed E-state index contributed by atoms with van der Waals surface area (Å²) in [5, 5.41) is 6.85. The normalized spacial score (nSPS) is 21.6. The number of thiocarbonyl (C=S) groups is 1. The molecule has 0 aromatic carbocycles. The van der Waals surface area contributed by atoms with Crippen LogP contribution in [0.3, 0.4) is 0 Å². The van der Waals surface area contributed by atoms with Crippen molar-refractivity contribution in [3.05, 3.63) is 32.6 Å². The van der Waals surface area contributed by atoms with E-state index in [4.69, 9.17) is 17.0 Å². The SMILES string of the molecule is CCOC(=O)c1c(CC(=O)C2CC23CC3)sc2c1C[C@@H](CC(=S)Nc1cc(C(F)F)nn1C)CC2. The third-order valence-corrected chi connectivity index (χ3v) is 9.15. The van der Waals surface area contributed by atoms with Crippen molar-refractivity contribution >= 4 is 46.1 Å². The Hall–Kier alpha value is -2.20. The summed E-state index contributed by atoms with van der Waals surface area (Å²) in [6, 6.07) is 1.31. The lowest BCUT2D eigenvalue weighted by Crippen LogP contribution is -2.22. The zero-order valence-electron chi connectivity index (χ0n) is 19.9. The Kier molecular flexibility index (Phi) is 6.54. The monoisotopic (exact) mass is 521 g/mol. The molecule has 2 saturated carbocycles. The zero-order valence-corrected chi connectivity index (χ0v) is 21.5. The quantitative estimate of drug-likeness (QED) is 0.350. The summed E-state index contributed by atoms with van der Waals surface area (Å²) in [6.07, 6.45) is 3.98. The summed E-state index contributed by atoms with van der Waals surface area (Å²) in [7, 11) is 1.59. The number of fused-ring (bicyclic) bond motifs is 1. The van der Waals surface area contributed by atoms with Crippen molar-refractivity contribution in [3.63, 3.8) is 0 Å². The van der Waals surface area contributed by atoms with Crippen molar-refractivity contribution in [1.29, 1.82) is 0 Å². The number of Topliss-reactive ketones (excluding diaryl/α,β-unsaturated/α-hetero) is 1. The minimum absolute atomic E-state index is 0.172. The molecule has 0 bridgehead atoms. The van der Waals surface area contributed by atoms with Gasteiger partial charge in [0.05, 0.1) is 17.2 Å². The van der Waals surface area contributed by atoms with E-state index in [9.17, 15) is 18.4 Å². The van der Waals surface area contributed by atoms with E-state index < -0.39 is 6.43 Å². The standard InChI is InChI=1S/C25H29F2N3O3S2/c1-3-33-24(32)22-14-8-13(9-21(34)28-20-10-16(23(26)27)29-30(20)2)4-5-18(14)35-19(22)11-17(31)15-12-25(15)6-7-25/h10,13,15,23H,3-9,11-12H2,1-2H3,(H,28,34)/t13-,15?/m0/s1. The number of hydrogen-bond acceptors (Lipinski definition) is 6. The summed E-state index contributed by atoms with van der Waals surface area (Å²) in [4.78, 5) is 28.4. The minimum atomic E-state index is -2.64. The highest BCUT2D eigenvalue weighted by atomic mass is 32.1. The molecule has 35 heavy (non-hydrogen) atoms. The highest BCUT2D eigenvalue weighted by Gasteiger charge is 2.65. The van der Waals surface area contributed by atoms with Crippen LogP contribution in [0.5, 0.6) is 0 Å². The first kappa shape index (κ1) is 24.5. The van der Waals surface area contributed by atoms with E-state index >= 15 is 0 Å². The van der Waals surface area contributed by atoms with Gasteiger partial charge >= 0.3 is 5.97 Å². The predicted octanol–water partition coefficient (Wildman–Crippen LogP) is 5.44. The van der Waals surface area contributed by atoms with E-state index in [0.29, 0.717) is 41.0 Å². The molecule has 188 valence electrons. The molecule has 2 fully saturated rings. The van der Waals surface area contributed by atoms with Gasteiger partial charge in [0.2, 0.25) is 0 Å². The van der Waals surface area contributed by atoms with E-state index in [1.807, 2.05) is 0 Å². The van der Waals surface area contributed by atoms with Gasteiger partial charge in [-0.05, 0) is 62.3 Å². The van der Waals surface area contributed by atoms with Crippen molar-refractivity contribution in [2.45, 2.75) is 64.7 Å². The molecule has 0 aliphatic heterocycles. The molecule has 2 atom stereocenters. The van der Waals surface area contributed by atoms with Crippen LogP contribution in [0.2, 0.25) is 0 Å². The van der Waals surface area contributed by atoms with E-state index in [1.54, 1.807) is 25.3 Å². The third kappa shape index (κ3) is 4.91. The Morgan fingerprint density at radius 2 is 2.17 bits per heavy atom. The molecule has 10 heteroatoms. The van der Waals surface area contributed by atoms with E-state index in [0.717, 1.165) is 47.4 Å². The molecule has 1 N–H and O–H groups in total. The number of carbonyl (C=O) groups excluding carboxylic acids is 2. The molecule has 1 spiro atoms. The largest absolute Gasteiger partial charge is 0.462 e. The molecular formula is C25H29F2N3O3S2. The molecule has 2 aromatic rings. The molecule has 6 nitrogen and oxygen atoms in total. The smallest absolute Gasteiger partial charge is 0.339 e. The lowest BCUT2D eigenvalue weighted by molar-refractivity contribution is -0.119. The second kappa shape index (κ2) is 9.35. The maximum atomic E-state index is 12.9. The zero-order chi connectivity index (χ0) is 24.9. The minimum Gasteiger partial charge on any atom is -0.462 e. The summed E-state index contributed by atoms with van der Waals surface area (Å²) in [5.74, 6) is 0.715. The van der Waals surface area contributed by atoms with Crippen molar-refractivity contribution in [1.82, 2.24) is 9.78 Å². The lowest BCUT2D eigenvalue weighted by atomic mass is 9.84. The van der Waals surface area contributed by atoms with Gasteiger partial charge in [-0.15, -0.1) is 11.3 Å². The Morgan fingerprint density at radius 1 is 1.40 bits per heavy atom. The molecule has 0 saturated heterocycles. The average Bonchev–Trinajstić information content (AvgIpc) is 3.66. The fraction of sp³-hybridized carbons (Fsp3) is 0.600. The Labute approximate surface area is 212 Å². The van der Waals surface area contributed by atoms with Gasteiger partial charge in [0.1, 0.15) is 17.3 Å². The number of ketones is 1. The van der Waals surface area contributed by atoms with Gasteiger partial charge in [-0.25, -0.2) is 13.6 Å². The second-order valence-corrected chi connectivity index (χ2v) is 11.7. The van der Waals surface area contributed by atoms with Crippen molar-refractivity contribution in [3.8, 4) is 0 Å². The first-order valence-corrected chi connectivity index (χ1v) is 13.4. The molecule has 3 aliphatic rings. The second-order valence-electron chi connectivity index (χ2n) is 10.0. The van der Waals surface area contributed by atoms with Gasteiger partial charge in [-0.2, -0.15) is 5.10 Å². The van der Waals surface area contributed by atoms with Crippen LogP contribution < -0.4 is 5.32 Å². The number of rotatable bonds is 9. The Morgan fingerprint density at radius 3 is 2.80 bits per heavy atom. The number of alkyl halides is 2. The number of thiophene rings is 1. The van der Waals surface area contributed by atoms with E-state index in [-0.39, 0.29) is 35.9 Å². The van der Waals surface area contributed by atoms with Crippen molar-refractivity contribution in [2.75, 3.05) is 11.9 Å². The van der Waals surface area contributed by atoms with Gasteiger partial charge in [0.15, 0.2) is 0 Å². The van der Waals surface area contributed by atoms with Crippen LogP contribution >= 0.6 is 23.6 Å². The Balaban J connectivity index is 1.29. The number of aromatic nitrogens is 2. The van der Waals surface area contributed by atoms with Crippen molar-refractivity contribution in [2.24, 2.45) is 24.3 Å². The van der Waals surface area contributed by atoms with Crippen LogP contribution in [0.4, 0.5) is 14.6 Å². The van der Waals surface area contributed by atoms with Gasteiger partial charge in [0, 0.05) is 41.6 Å². The van der Waals surface area contributed by atoms with Gasteiger partial charge in [-0.3, -0.25) is 9.48 Å². The number of anilines is 1. The highest BCUT2D eigenvalue weighted by Crippen LogP contribution is 2.71. The van der Waals surface area contributed by atoms with E-state index in [2.05, 4.69) is 10.4 Å². The molecule has 0 amide bonds. The summed E-state index contributed by atoms with van der Waals surface area (Å²) < 4.78 is 32.6. The lowest BCUT2D eigenvalue weighted by Gasteiger charge is -2.23. The summed E-state index contributed by atoms with van der Waals surface area (Å²) in [6.45, 7) is 2.07. The number of aryl methyl sites for hydroxylation is 2. The van der Waals surface area contributed by atoms with Crippen LogP contribution in [-0.2, 0) is 35.8 Å². The molecule has 1 unspecified atom stereocenters. The summed E-state index contributed by atoms with van der Waals surface area (Å²) in [5.41, 5.74) is 1.59. The molecular weight excluding hydrogens is 492 g/mol. The maximum absolute atomic E-state index is 12.9. The number of ether oxygens (including phenoxy) is 1.